The molecular formula is C56H92O24. The predicted octanol–water partition coefficient (Wildman–Crippen LogP) is 0.0732. The Hall–Kier alpha value is -1.67. The standard InChI is InChI=1S/C56H92O24/c1-23(72-51-44(65)42(63)41(62)36(78-51)22-70-53-48(43(64)40(61)35(21-57)77-53)80-52-45(66)47(68-9)39(60)25(3)73-52)31-13-14-32-30-12-11-28-19-29(15-17-55(28,6)33(30)16-18-56(31,32)7)76-54-50(75-27(5)58)49(69-10)46(26(4)74-54)79-37-20-34(67-8)38(59)24(2)71-37/h11,23-26,29-54,57,59-66H,12-22H2,1-10H3/t23-,24+,25+,26+,29-,30-,31?,32-,33-,34-,35+,36+,37-,38+,39-,40+,41+,42-,43-,44+,45+,46-,47-,48+,49-,50+,51+,52-,53+,54-,55-,56+/m0/s1. The SMILES string of the molecule is CO[C@H]1[C@@H](O)[C@@H](C)O[C@@H](O[C@H]2[C@H](OC[C@H]3O[C@@H](O[C@@H](C)C4CC[C@H]5[C@@H]6CC=C7C[C@@H](O[C@@H]8O[C@H](C)[C@H](O[C@H]9C[C@H](OC)[C@H](O)[C@@H](C)O9)[C@H](OC)[C@H]8OC(C)=O)CC[C@]7(C)[C@H]6CC[C@]45C)[C@H](O)[C@@H](O)[C@@H]3O)O[C@H](CO)[C@@H](O)[C@@H]2O)[C@@H]1O. The summed E-state index contributed by atoms with van der Waals surface area (Å²) >= 11 is 0. The van der Waals surface area contributed by atoms with Crippen LogP contribution >= 0.6 is 0 Å². The fourth-order valence-electron chi connectivity index (χ4n) is 15.6. The first-order chi connectivity index (χ1) is 38.0. The molecule has 9 rings (SSSR count). The summed E-state index contributed by atoms with van der Waals surface area (Å²) in [4.78, 5) is 12.6. The van der Waals surface area contributed by atoms with Gasteiger partial charge in [-0.05, 0) is 114 Å². The van der Waals surface area contributed by atoms with E-state index in [1.165, 1.54) is 40.7 Å². The summed E-state index contributed by atoms with van der Waals surface area (Å²) in [6.07, 6.45) is -19.0. The van der Waals surface area contributed by atoms with Crippen LogP contribution in [0.15, 0.2) is 11.6 Å². The summed E-state index contributed by atoms with van der Waals surface area (Å²) in [6.45, 7) is 12.0. The van der Waals surface area contributed by atoms with Gasteiger partial charge in [-0.2, -0.15) is 0 Å². The van der Waals surface area contributed by atoms with Crippen LogP contribution in [0.3, 0.4) is 0 Å². The van der Waals surface area contributed by atoms with Crippen molar-refractivity contribution in [2.75, 3.05) is 34.5 Å². The number of hydrogen-bond donors (Lipinski definition) is 9. The number of fused-ring (bicyclic) bond motifs is 5. The number of allylic oxidation sites excluding steroid dienone is 1. The molecule has 9 aliphatic rings. The van der Waals surface area contributed by atoms with Gasteiger partial charge >= 0.3 is 5.97 Å². The Morgan fingerprint density at radius 3 is 2.01 bits per heavy atom. The van der Waals surface area contributed by atoms with Gasteiger partial charge in [0.1, 0.15) is 85.5 Å². The lowest BCUT2D eigenvalue weighted by Gasteiger charge is -2.58. The number of hydrogen-bond acceptors (Lipinski definition) is 24. The van der Waals surface area contributed by atoms with E-state index in [9.17, 15) is 50.8 Å². The molecule has 5 aliphatic heterocycles. The Balaban J connectivity index is 0.819. The van der Waals surface area contributed by atoms with Crippen molar-refractivity contribution in [2.24, 2.45) is 34.5 Å². The topological polar surface area (TPSA) is 328 Å². The van der Waals surface area contributed by atoms with Crippen LogP contribution in [-0.2, 0) is 71.1 Å². The van der Waals surface area contributed by atoms with Crippen molar-refractivity contribution in [3.63, 3.8) is 0 Å². The van der Waals surface area contributed by atoms with Crippen molar-refractivity contribution >= 4 is 5.97 Å². The van der Waals surface area contributed by atoms with E-state index in [2.05, 4.69) is 19.9 Å². The van der Waals surface area contributed by atoms with Crippen LogP contribution < -0.4 is 0 Å². The summed E-state index contributed by atoms with van der Waals surface area (Å²) in [5.41, 5.74) is 1.20. The Morgan fingerprint density at radius 2 is 1.32 bits per heavy atom. The normalized spacial score (nSPS) is 52.0. The smallest absolute Gasteiger partial charge is 0.303 e. The Bertz CT molecular complexity index is 2070. The van der Waals surface area contributed by atoms with Gasteiger partial charge in [-0.1, -0.05) is 25.5 Å². The van der Waals surface area contributed by atoms with Gasteiger partial charge in [-0.25, -0.2) is 0 Å². The molecule has 24 nitrogen and oxygen atoms in total. The fraction of sp³-hybridized carbons (Fsp3) is 0.946. The van der Waals surface area contributed by atoms with Crippen LogP contribution in [0.4, 0.5) is 0 Å². The van der Waals surface area contributed by atoms with Crippen molar-refractivity contribution in [3.05, 3.63) is 11.6 Å². The molecule has 3 saturated carbocycles. The molecule has 0 amide bonds. The van der Waals surface area contributed by atoms with Crippen LogP contribution in [-0.4, -0.2) is 246 Å². The molecule has 24 heteroatoms. The maximum absolute atomic E-state index is 12.6. The third-order valence-electron chi connectivity index (χ3n) is 20.2. The van der Waals surface area contributed by atoms with Gasteiger partial charge in [0.25, 0.3) is 0 Å². The average Bonchev–Trinajstić information content (AvgIpc) is 3.88. The number of carbonyl (C=O) groups is 1. The molecule has 1 unspecified atom stereocenters. The Kier molecular flexibility index (Phi) is 20.2. The van der Waals surface area contributed by atoms with E-state index in [1.54, 1.807) is 6.92 Å². The first-order valence-electron chi connectivity index (χ1n) is 29.0. The van der Waals surface area contributed by atoms with Crippen molar-refractivity contribution in [1.29, 1.82) is 0 Å². The summed E-state index contributed by atoms with van der Waals surface area (Å²) in [7, 11) is 4.37. The van der Waals surface area contributed by atoms with Crippen LogP contribution in [0.1, 0.15) is 106 Å². The summed E-state index contributed by atoms with van der Waals surface area (Å²) in [5.74, 6) is 0.802. The highest BCUT2D eigenvalue weighted by Crippen LogP contribution is 2.67. The summed E-state index contributed by atoms with van der Waals surface area (Å²) in [5, 5.41) is 97.7. The molecule has 32 atom stereocenters. The van der Waals surface area contributed by atoms with Gasteiger partial charge in [0.15, 0.2) is 37.6 Å². The van der Waals surface area contributed by atoms with Crippen LogP contribution in [0.2, 0.25) is 0 Å². The van der Waals surface area contributed by atoms with Gasteiger partial charge in [0.2, 0.25) is 0 Å². The van der Waals surface area contributed by atoms with Crippen molar-refractivity contribution in [1.82, 2.24) is 0 Å². The molecule has 8 fully saturated rings. The fourth-order valence-corrected chi connectivity index (χ4v) is 15.6. The van der Waals surface area contributed by atoms with Gasteiger partial charge in [0.05, 0.1) is 49.8 Å². The molecule has 0 aromatic carbocycles. The second-order valence-corrected chi connectivity index (χ2v) is 24.7. The molecular weight excluding hydrogens is 1060 g/mol. The van der Waals surface area contributed by atoms with Crippen LogP contribution in [0, 0.1) is 34.5 Å². The number of ether oxygens (including phenoxy) is 14. The minimum absolute atomic E-state index is 0.0565. The van der Waals surface area contributed by atoms with Crippen LogP contribution in [0.25, 0.3) is 0 Å². The van der Waals surface area contributed by atoms with E-state index < -0.39 is 173 Å². The second kappa shape index (κ2) is 25.7. The molecule has 0 bridgehead atoms. The highest BCUT2D eigenvalue weighted by atomic mass is 16.8. The lowest BCUT2D eigenvalue weighted by atomic mass is 9.47. The zero-order valence-electron chi connectivity index (χ0n) is 47.8. The number of aliphatic hydroxyl groups excluding tert-OH is 9. The van der Waals surface area contributed by atoms with E-state index in [0.717, 1.165) is 44.9 Å². The molecule has 0 aromatic rings. The van der Waals surface area contributed by atoms with E-state index >= 15 is 0 Å². The van der Waals surface area contributed by atoms with Gasteiger partial charge in [0, 0.05) is 34.7 Å². The molecule has 5 saturated heterocycles. The van der Waals surface area contributed by atoms with Gasteiger partial charge in [-0.3, -0.25) is 4.79 Å². The van der Waals surface area contributed by atoms with Crippen molar-refractivity contribution in [3.8, 4) is 0 Å². The minimum atomic E-state index is -1.74. The molecule has 5 heterocycles. The molecule has 0 radical (unpaired) electrons. The number of aliphatic hydroxyl groups is 9. The summed E-state index contributed by atoms with van der Waals surface area (Å²) in [6, 6.07) is 0. The van der Waals surface area contributed by atoms with E-state index in [-0.39, 0.29) is 29.3 Å². The highest BCUT2D eigenvalue weighted by Gasteiger charge is 2.61. The van der Waals surface area contributed by atoms with E-state index in [0.29, 0.717) is 24.2 Å². The molecule has 80 heavy (non-hydrogen) atoms. The second-order valence-electron chi connectivity index (χ2n) is 24.7. The predicted molar refractivity (Wildman–Crippen MR) is 274 cm³/mol. The lowest BCUT2D eigenvalue weighted by Crippen LogP contribution is -2.65. The van der Waals surface area contributed by atoms with Crippen LogP contribution in [0.5, 0.6) is 0 Å². The van der Waals surface area contributed by atoms with Crippen molar-refractivity contribution in [2.45, 2.75) is 266 Å². The molecule has 0 aromatic heterocycles. The number of rotatable bonds is 17. The zero-order chi connectivity index (χ0) is 57.9. The average molecular weight is 1150 g/mol. The number of esters is 1. The molecule has 460 valence electrons. The van der Waals surface area contributed by atoms with Crippen molar-refractivity contribution < 1.29 is 117 Å². The van der Waals surface area contributed by atoms with E-state index in [1.807, 2.05) is 13.8 Å². The highest BCUT2D eigenvalue weighted by molar-refractivity contribution is 5.66. The molecule has 9 N–H and O–H groups in total. The molecule has 0 spiro atoms. The Morgan fingerprint density at radius 1 is 0.637 bits per heavy atom. The first-order valence-corrected chi connectivity index (χ1v) is 29.0. The largest absolute Gasteiger partial charge is 0.454 e. The maximum Gasteiger partial charge on any atom is 0.303 e. The monoisotopic (exact) mass is 1150 g/mol. The Labute approximate surface area is 468 Å². The van der Waals surface area contributed by atoms with E-state index in [4.69, 9.17) is 66.3 Å². The third kappa shape index (κ3) is 12.1. The summed E-state index contributed by atoms with van der Waals surface area (Å²) < 4.78 is 84.7. The van der Waals surface area contributed by atoms with Gasteiger partial charge < -0.3 is 112 Å². The number of carbonyl (C=O) groups excluding carboxylic acids is 1. The first kappa shape index (κ1) is 62.8. The minimum Gasteiger partial charge on any atom is -0.454 e. The lowest BCUT2D eigenvalue weighted by molar-refractivity contribution is -0.372. The zero-order valence-corrected chi connectivity index (χ0v) is 47.8. The molecule has 4 aliphatic carbocycles. The van der Waals surface area contributed by atoms with Gasteiger partial charge in [-0.15, -0.1) is 0 Å². The number of methoxy groups -OCH3 is 3. The quantitative estimate of drug-likeness (QED) is 0.0688. The third-order valence-corrected chi connectivity index (χ3v) is 20.2. The maximum atomic E-state index is 12.6.